The van der Waals surface area contributed by atoms with Gasteiger partial charge in [-0.25, -0.2) is 4.98 Å². The summed E-state index contributed by atoms with van der Waals surface area (Å²) in [6.45, 7) is 0. The van der Waals surface area contributed by atoms with Crippen molar-refractivity contribution in [3.63, 3.8) is 0 Å². The molecule has 0 saturated heterocycles. The fourth-order valence-corrected chi connectivity index (χ4v) is 2.95. The van der Waals surface area contributed by atoms with Crippen molar-refractivity contribution in [1.82, 2.24) is 15.2 Å². The maximum atomic E-state index is 12.0. The van der Waals surface area contributed by atoms with E-state index in [9.17, 15) is 4.79 Å². The van der Waals surface area contributed by atoms with E-state index in [0.717, 1.165) is 21.5 Å². The molecule has 0 bridgehead atoms. The Hall–Kier alpha value is -2.12. The highest BCUT2D eigenvalue weighted by molar-refractivity contribution is 9.10. The van der Waals surface area contributed by atoms with Gasteiger partial charge in [-0.15, -0.1) is 5.10 Å². The third-order valence-corrected chi connectivity index (χ3v) is 4.56. The number of amides is 1. The first kappa shape index (κ1) is 16.7. The van der Waals surface area contributed by atoms with Gasteiger partial charge in [-0.3, -0.25) is 9.89 Å². The first-order valence-corrected chi connectivity index (χ1v) is 9.10. The molecule has 1 heterocycles. The first-order valence-electron chi connectivity index (χ1n) is 7.32. The molecule has 0 unspecified atom stereocenters. The number of nitrogens with one attached hydrogen (secondary N) is 2. The molecular formula is C17H15BrN4OS. The van der Waals surface area contributed by atoms with Gasteiger partial charge in [-0.1, -0.05) is 58.0 Å². The molecule has 0 saturated carbocycles. The highest BCUT2D eigenvalue weighted by Gasteiger charge is 2.08. The van der Waals surface area contributed by atoms with E-state index in [-0.39, 0.29) is 11.7 Å². The van der Waals surface area contributed by atoms with E-state index >= 15 is 0 Å². The van der Waals surface area contributed by atoms with Gasteiger partial charge >= 0.3 is 0 Å². The number of H-pyrrole nitrogens is 1. The van der Waals surface area contributed by atoms with Crippen molar-refractivity contribution in [1.29, 1.82) is 0 Å². The molecule has 0 aliphatic rings. The van der Waals surface area contributed by atoms with Crippen LogP contribution in [0.2, 0.25) is 0 Å². The van der Waals surface area contributed by atoms with E-state index in [1.54, 1.807) is 0 Å². The van der Waals surface area contributed by atoms with Gasteiger partial charge in [-0.2, -0.15) is 0 Å². The molecule has 24 heavy (non-hydrogen) atoms. The number of thioether (sulfide) groups is 1. The average Bonchev–Trinajstić information content (AvgIpc) is 3.03. The van der Waals surface area contributed by atoms with Crippen molar-refractivity contribution in [3.05, 3.63) is 70.5 Å². The summed E-state index contributed by atoms with van der Waals surface area (Å²) in [5.74, 6) is 0.965. The third kappa shape index (κ3) is 4.94. The van der Waals surface area contributed by atoms with Gasteiger partial charge in [0.25, 0.3) is 0 Å². The van der Waals surface area contributed by atoms with E-state index in [4.69, 9.17) is 0 Å². The lowest BCUT2D eigenvalue weighted by Gasteiger charge is -2.03. The third-order valence-electron chi connectivity index (χ3n) is 3.19. The number of anilines is 1. The highest BCUT2D eigenvalue weighted by Crippen LogP contribution is 2.17. The van der Waals surface area contributed by atoms with Crippen LogP contribution in [0.3, 0.4) is 0 Å². The normalized spacial score (nSPS) is 10.5. The Kier molecular flexibility index (Phi) is 5.66. The summed E-state index contributed by atoms with van der Waals surface area (Å²) in [7, 11) is 0. The Balaban J connectivity index is 1.50. The summed E-state index contributed by atoms with van der Waals surface area (Å²) in [5, 5.41) is 10.5. The largest absolute Gasteiger partial charge is 0.325 e. The highest BCUT2D eigenvalue weighted by atomic mass is 79.9. The molecule has 0 aliphatic heterocycles. The minimum absolute atomic E-state index is 0.0864. The smallest absolute Gasteiger partial charge is 0.234 e. The van der Waals surface area contributed by atoms with Crippen LogP contribution in [-0.2, 0) is 11.2 Å². The predicted molar refractivity (Wildman–Crippen MR) is 99.1 cm³/mol. The molecule has 0 radical (unpaired) electrons. The van der Waals surface area contributed by atoms with Crippen molar-refractivity contribution in [2.24, 2.45) is 0 Å². The summed E-state index contributed by atoms with van der Waals surface area (Å²) in [5.41, 5.74) is 1.93. The van der Waals surface area contributed by atoms with Crippen LogP contribution in [-0.4, -0.2) is 26.8 Å². The number of hydrogen-bond acceptors (Lipinski definition) is 4. The second kappa shape index (κ2) is 8.12. The zero-order chi connectivity index (χ0) is 16.8. The van der Waals surface area contributed by atoms with Crippen LogP contribution in [0.15, 0.2) is 64.2 Å². The van der Waals surface area contributed by atoms with Crippen LogP contribution in [0, 0.1) is 0 Å². The van der Waals surface area contributed by atoms with Gasteiger partial charge in [0.2, 0.25) is 11.1 Å². The molecule has 122 valence electrons. The van der Waals surface area contributed by atoms with E-state index in [1.165, 1.54) is 11.8 Å². The molecule has 7 heteroatoms. The minimum Gasteiger partial charge on any atom is -0.325 e. The zero-order valence-corrected chi connectivity index (χ0v) is 15.1. The molecule has 2 aromatic carbocycles. The van der Waals surface area contributed by atoms with Crippen molar-refractivity contribution < 1.29 is 4.79 Å². The minimum atomic E-state index is -0.0864. The summed E-state index contributed by atoms with van der Waals surface area (Å²) >= 11 is 4.67. The number of aromatic amines is 1. The molecule has 0 spiro atoms. The molecule has 2 N–H and O–H groups in total. The Labute approximate surface area is 152 Å². The van der Waals surface area contributed by atoms with Gasteiger partial charge in [0, 0.05) is 16.6 Å². The van der Waals surface area contributed by atoms with Gasteiger partial charge < -0.3 is 5.32 Å². The van der Waals surface area contributed by atoms with Crippen LogP contribution in [0.4, 0.5) is 5.69 Å². The molecule has 5 nitrogen and oxygen atoms in total. The number of aromatic nitrogens is 3. The van der Waals surface area contributed by atoms with Gasteiger partial charge in [0.1, 0.15) is 5.82 Å². The standard InChI is InChI=1S/C17H15BrN4OS/c18-13-6-8-14(9-7-13)19-16(23)11-24-17-20-15(21-22-17)10-12-4-2-1-3-5-12/h1-9H,10-11H2,(H,19,23)(H,20,21,22). The van der Waals surface area contributed by atoms with Gasteiger partial charge in [0.05, 0.1) is 5.75 Å². The molecular weight excluding hydrogens is 388 g/mol. The lowest BCUT2D eigenvalue weighted by molar-refractivity contribution is -0.113. The molecule has 1 amide bonds. The number of rotatable bonds is 6. The second-order valence-corrected chi connectivity index (χ2v) is 6.93. The van der Waals surface area contributed by atoms with Gasteiger partial charge in [0.15, 0.2) is 0 Å². The SMILES string of the molecule is O=C(CSc1n[nH]c(Cc2ccccc2)n1)Nc1ccc(Br)cc1. The van der Waals surface area contributed by atoms with Crippen LogP contribution < -0.4 is 5.32 Å². The van der Waals surface area contributed by atoms with E-state index in [1.807, 2.05) is 54.6 Å². The Bertz CT molecular complexity index is 805. The maximum Gasteiger partial charge on any atom is 0.234 e. The van der Waals surface area contributed by atoms with Crippen molar-refractivity contribution in [2.45, 2.75) is 11.6 Å². The number of hydrogen-bond donors (Lipinski definition) is 2. The Morgan fingerprint density at radius 1 is 1.12 bits per heavy atom. The number of benzene rings is 2. The quantitative estimate of drug-likeness (QED) is 0.613. The summed E-state index contributed by atoms with van der Waals surface area (Å²) in [4.78, 5) is 16.4. The lowest BCUT2D eigenvalue weighted by atomic mass is 10.1. The molecule has 3 rings (SSSR count). The summed E-state index contributed by atoms with van der Waals surface area (Å²) < 4.78 is 0.974. The topological polar surface area (TPSA) is 70.7 Å². The number of halogens is 1. The van der Waals surface area contributed by atoms with Crippen molar-refractivity contribution in [3.8, 4) is 0 Å². The zero-order valence-electron chi connectivity index (χ0n) is 12.7. The number of nitrogens with zero attached hydrogens (tertiary/aromatic N) is 2. The van der Waals surface area contributed by atoms with Crippen molar-refractivity contribution >= 4 is 39.3 Å². The molecule has 0 fully saturated rings. The van der Waals surface area contributed by atoms with Crippen molar-refractivity contribution in [2.75, 3.05) is 11.1 Å². The molecule has 0 atom stereocenters. The maximum absolute atomic E-state index is 12.0. The van der Waals surface area contributed by atoms with Gasteiger partial charge in [-0.05, 0) is 29.8 Å². The monoisotopic (exact) mass is 402 g/mol. The molecule has 3 aromatic rings. The predicted octanol–water partition coefficient (Wildman–Crippen LogP) is 3.89. The Morgan fingerprint density at radius 2 is 1.88 bits per heavy atom. The second-order valence-electron chi connectivity index (χ2n) is 5.07. The fourth-order valence-electron chi connectivity index (χ4n) is 2.07. The number of carbonyl (C=O) groups excluding carboxylic acids is 1. The Morgan fingerprint density at radius 3 is 2.62 bits per heavy atom. The fraction of sp³-hybridized carbons (Fsp3) is 0.118. The van der Waals surface area contributed by atoms with Crippen LogP contribution in [0.5, 0.6) is 0 Å². The van der Waals surface area contributed by atoms with Crippen LogP contribution >= 0.6 is 27.7 Å². The van der Waals surface area contributed by atoms with E-state index in [2.05, 4.69) is 36.4 Å². The summed E-state index contributed by atoms with van der Waals surface area (Å²) in [6, 6.07) is 17.5. The van der Waals surface area contributed by atoms with E-state index < -0.39 is 0 Å². The van der Waals surface area contributed by atoms with E-state index in [0.29, 0.717) is 11.6 Å². The molecule has 0 aliphatic carbocycles. The summed E-state index contributed by atoms with van der Waals surface area (Å²) in [6.07, 6.45) is 0.694. The van der Waals surface area contributed by atoms with Crippen LogP contribution in [0.25, 0.3) is 0 Å². The average molecular weight is 403 g/mol. The first-order chi connectivity index (χ1) is 11.7. The number of carbonyl (C=O) groups is 1. The lowest BCUT2D eigenvalue weighted by Crippen LogP contribution is -2.13. The van der Waals surface area contributed by atoms with Crippen LogP contribution in [0.1, 0.15) is 11.4 Å². The molecule has 1 aromatic heterocycles.